The third-order valence-corrected chi connectivity index (χ3v) is 15.6. The van der Waals surface area contributed by atoms with Crippen molar-refractivity contribution in [1.82, 2.24) is 15.2 Å². The maximum absolute atomic E-state index is 13.9. The molecule has 9 nitrogen and oxygen atoms in total. The van der Waals surface area contributed by atoms with Crippen LogP contribution in [0.25, 0.3) is 11.1 Å². The number of carbonyl (C=O) groups excluding carboxylic acids is 2. The van der Waals surface area contributed by atoms with E-state index in [9.17, 15) is 18.0 Å². The lowest BCUT2D eigenvalue weighted by molar-refractivity contribution is 0.0523. The summed E-state index contributed by atoms with van der Waals surface area (Å²) in [5.41, 5.74) is 1.06. The van der Waals surface area contributed by atoms with Gasteiger partial charge in [-0.1, -0.05) is 51.1 Å². The average molecular weight is 658 g/mol. The van der Waals surface area contributed by atoms with Gasteiger partial charge >= 0.3 is 6.09 Å². The Morgan fingerprint density at radius 1 is 1.05 bits per heavy atom. The van der Waals surface area contributed by atoms with Crippen LogP contribution in [0.2, 0.25) is 18.1 Å². The number of amides is 2. The summed E-state index contributed by atoms with van der Waals surface area (Å²) in [5.74, 6) is -0.230. The second-order valence-corrected chi connectivity index (χ2v) is 21.6. The van der Waals surface area contributed by atoms with Crippen LogP contribution in [0, 0.1) is 0 Å². The van der Waals surface area contributed by atoms with Gasteiger partial charge in [0, 0.05) is 18.7 Å². The Kier molecular flexibility index (Phi) is 9.79. The number of nitrogens with zero attached hydrogens (tertiary/aromatic N) is 2. The standard InChI is InChI=1S/C32H43N3O6S2Si/c1-31(2,3)40-30(37)34-19-27-33-20-28(42-27)43(38,39)26-17-23(22-12-10-9-11-13-22)16-24(18-26)29(36)35-15-14-25(21-35)41-44(7,8)32(4,5)6/h9-13,16-18,20,25H,14-15,19,21H2,1-8H3,(H,34,37). The number of nitrogens with one attached hydrogen (secondary N) is 1. The van der Waals surface area contributed by atoms with Gasteiger partial charge in [-0.15, -0.1) is 11.3 Å². The number of rotatable bonds is 8. The van der Waals surface area contributed by atoms with Crippen molar-refractivity contribution in [2.24, 2.45) is 0 Å². The number of carbonyl (C=O) groups is 2. The number of alkyl carbamates (subject to hydrolysis) is 1. The molecule has 238 valence electrons. The molecular weight excluding hydrogens is 615 g/mol. The highest BCUT2D eigenvalue weighted by atomic mass is 32.2. The van der Waals surface area contributed by atoms with Crippen molar-refractivity contribution in [3.8, 4) is 11.1 Å². The van der Waals surface area contributed by atoms with Gasteiger partial charge in [0.2, 0.25) is 9.84 Å². The van der Waals surface area contributed by atoms with Crippen LogP contribution < -0.4 is 5.32 Å². The molecule has 12 heteroatoms. The van der Waals surface area contributed by atoms with Crippen molar-refractivity contribution in [3.05, 3.63) is 65.3 Å². The molecule has 1 atom stereocenters. The van der Waals surface area contributed by atoms with E-state index in [0.29, 0.717) is 29.2 Å². The molecule has 2 aromatic carbocycles. The van der Waals surface area contributed by atoms with Gasteiger partial charge in [-0.25, -0.2) is 18.2 Å². The zero-order valence-electron chi connectivity index (χ0n) is 26.8. The minimum Gasteiger partial charge on any atom is -0.444 e. The quantitative estimate of drug-likeness (QED) is 0.262. The molecule has 1 aromatic heterocycles. The third kappa shape index (κ3) is 8.15. The second kappa shape index (κ2) is 12.7. The van der Waals surface area contributed by atoms with E-state index in [2.05, 4.69) is 44.2 Å². The number of benzene rings is 2. The summed E-state index contributed by atoms with van der Waals surface area (Å²) in [5, 5.41) is 3.07. The topological polar surface area (TPSA) is 115 Å². The fourth-order valence-corrected chi connectivity index (χ4v) is 8.51. The van der Waals surface area contributed by atoms with Gasteiger partial charge < -0.3 is 19.4 Å². The lowest BCUT2D eigenvalue weighted by Gasteiger charge is -2.38. The number of ether oxygens (including phenoxy) is 1. The van der Waals surface area contributed by atoms with E-state index in [4.69, 9.17) is 9.16 Å². The first-order chi connectivity index (χ1) is 20.4. The molecule has 2 heterocycles. The highest BCUT2D eigenvalue weighted by Gasteiger charge is 2.41. The van der Waals surface area contributed by atoms with Crippen molar-refractivity contribution in [1.29, 1.82) is 0 Å². The third-order valence-electron chi connectivity index (χ3n) is 7.85. The Balaban J connectivity index is 1.60. The monoisotopic (exact) mass is 657 g/mol. The molecule has 0 spiro atoms. The van der Waals surface area contributed by atoms with E-state index in [1.807, 2.05) is 30.3 Å². The second-order valence-electron chi connectivity index (χ2n) is 13.6. The van der Waals surface area contributed by atoms with Gasteiger partial charge in [-0.2, -0.15) is 0 Å². The van der Waals surface area contributed by atoms with Crippen molar-refractivity contribution >= 4 is 41.5 Å². The van der Waals surface area contributed by atoms with Crippen molar-refractivity contribution < 1.29 is 27.2 Å². The maximum Gasteiger partial charge on any atom is 0.408 e. The molecular formula is C32H43N3O6S2Si. The van der Waals surface area contributed by atoms with Gasteiger partial charge in [-0.05, 0) is 74.7 Å². The molecule has 44 heavy (non-hydrogen) atoms. The summed E-state index contributed by atoms with van der Waals surface area (Å²) < 4.78 is 39.6. The van der Waals surface area contributed by atoms with E-state index in [0.717, 1.165) is 23.3 Å². The van der Waals surface area contributed by atoms with Crippen LogP contribution in [0.1, 0.15) is 63.3 Å². The van der Waals surface area contributed by atoms with Crippen LogP contribution in [0.5, 0.6) is 0 Å². The highest BCUT2D eigenvalue weighted by Crippen LogP contribution is 2.38. The fourth-order valence-electron chi connectivity index (χ4n) is 4.54. The number of sulfone groups is 1. The largest absolute Gasteiger partial charge is 0.444 e. The zero-order valence-corrected chi connectivity index (χ0v) is 29.4. The summed E-state index contributed by atoms with van der Waals surface area (Å²) in [6.07, 6.45) is 1.36. The smallest absolute Gasteiger partial charge is 0.408 e. The number of thiazole rings is 1. The lowest BCUT2D eigenvalue weighted by Crippen LogP contribution is -2.44. The highest BCUT2D eigenvalue weighted by molar-refractivity contribution is 7.93. The average Bonchev–Trinajstić information content (AvgIpc) is 3.60. The molecule has 1 N–H and O–H groups in total. The zero-order chi connectivity index (χ0) is 32.5. The molecule has 0 radical (unpaired) electrons. The Bertz CT molecular complexity index is 1610. The molecule has 3 aromatic rings. The Hall–Kier alpha value is -3.06. The first kappa shape index (κ1) is 33.8. The van der Waals surface area contributed by atoms with Crippen LogP contribution in [0.3, 0.4) is 0 Å². The molecule has 0 bridgehead atoms. The Labute approximate surface area is 266 Å². The minimum atomic E-state index is -4.02. The maximum atomic E-state index is 13.9. The number of likely N-dealkylation sites (tertiary alicyclic amines) is 1. The van der Waals surface area contributed by atoms with E-state index in [-0.39, 0.29) is 32.7 Å². The minimum absolute atomic E-state index is 0.00535. The van der Waals surface area contributed by atoms with Crippen molar-refractivity contribution in [3.63, 3.8) is 0 Å². The predicted molar refractivity (Wildman–Crippen MR) is 175 cm³/mol. The van der Waals surface area contributed by atoms with E-state index < -0.39 is 29.8 Å². The first-order valence-electron chi connectivity index (χ1n) is 14.7. The molecule has 4 rings (SSSR count). The molecule has 1 unspecified atom stereocenters. The number of aromatic nitrogens is 1. The summed E-state index contributed by atoms with van der Waals surface area (Å²) in [6, 6.07) is 14.2. The molecule has 0 aliphatic carbocycles. The fraction of sp³-hybridized carbons (Fsp3) is 0.469. The van der Waals surface area contributed by atoms with Gasteiger partial charge in [0.15, 0.2) is 8.32 Å². The molecule has 2 amide bonds. The van der Waals surface area contributed by atoms with Crippen molar-refractivity contribution in [2.45, 2.75) is 93.4 Å². The lowest BCUT2D eigenvalue weighted by atomic mass is 10.0. The number of hydrogen-bond donors (Lipinski definition) is 1. The van der Waals surface area contributed by atoms with E-state index in [1.54, 1.807) is 37.8 Å². The van der Waals surface area contributed by atoms with E-state index in [1.165, 1.54) is 12.3 Å². The summed E-state index contributed by atoms with van der Waals surface area (Å²) in [6.45, 7) is 17.3. The Morgan fingerprint density at radius 2 is 1.73 bits per heavy atom. The van der Waals surface area contributed by atoms with Crippen LogP contribution >= 0.6 is 11.3 Å². The van der Waals surface area contributed by atoms with Crippen LogP contribution in [0.15, 0.2) is 63.8 Å². The molecule has 1 aliphatic rings. The van der Waals surface area contributed by atoms with Gasteiger partial charge in [0.05, 0.1) is 23.7 Å². The van der Waals surface area contributed by atoms with Gasteiger partial charge in [0.25, 0.3) is 5.91 Å². The Morgan fingerprint density at radius 3 is 2.36 bits per heavy atom. The van der Waals surface area contributed by atoms with Gasteiger partial charge in [-0.3, -0.25) is 4.79 Å². The normalized spacial score (nSPS) is 16.2. The first-order valence-corrected chi connectivity index (χ1v) is 19.9. The SMILES string of the molecule is CC(C)(C)OC(=O)NCc1ncc(S(=O)(=O)c2cc(C(=O)N3CCC(O[Si](C)(C)C(C)(C)C)C3)cc(-c3ccccc3)c2)s1. The van der Waals surface area contributed by atoms with Gasteiger partial charge in [0.1, 0.15) is 14.8 Å². The van der Waals surface area contributed by atoms with Crippen molar-refractivity contribution in [2.75, 3.05) is 13.1 Å². The van der Waals surface area contributed by atoms with Crippen LogP contribution in [-0.4, -0.2) is 63.4 Å². The predicted octanol–water partition coefficient (Wildman–Crippen LogP) is 6.90. The summed E-state index contributed by atoms with van der Waals surface area (Å²) in [4.78, 5) is 31.9. The molecule has 0 saturated carbocycles. The molecule has 1 fully saturated rings. The van der Waals surface area contributed by atoms with Crippen LogP contribution in [0.4, 0.5) is 4.79 Å². The molecule has 1 aliphatic heterocycles. The van der Waals surface area contributed by atoms with E-state index >= 15 is 0 Å². The number of hydrogen-bond acceptors (Lipinski definition) is 8. The summed E-state index contributed by atoms with van der Waals surface area (Å²) >= 11 is 0.966. The van der Waals surface area contributed by atoms with Crippen LogP contribution in [-0.2, 0) is 25.5 Å². The molecule has 1 saturated heterocycles. The summed E-state index contributed by atoms with van der Waals surface area (Å²) in [7, 11) is -6.04.